The average Bonchev–Trinajstić information content (AvgIpc) is 1.98. The molecule has 5 nitrogen and oxygen atoms in total. The first-order valence-electron chi connectivity index (χ1n) is 3.63. The van der Waals surface area contributed by atoms with E-state index < -0.39 is 11.8 Å². The van der Waals surface area contributed by atoms with Crippen LogP contribution in [0, 0.1) is 0 Å². The van der Waals surface area contributed by atoms with Crippen molar-refractivity contribution in [1.82, 2.24) is 5.32 Å². The van der Waals surface area contributed by atoms with Crippen molar-refractivity contribution in [2.75, 3.05) is 6.54 Å². The van der Waals surface area contributed by atoms with Gasteiger partial charge >= 0.3 is 5.97 Å². The molecular formula is C7H15N3O2. The Morgan fingerprint density at radius 1 is 1.67 bits per heavy atom. The van der Waals surface area contributed by atoms with Crippen LogP contribution in [0.2, 0.25) is 0 Å². The summed E-state index contributed by atoms with van der Waals surface area (Å²) in [5, 5.41) is 10.8. The zero-order chi connectivity index (χ0) is 9.61. The number of carboxylic acid groups (broad SMARTS) is 1. The lowest BCUT2D eigenvalue weighted by atomic mass is 10.2. The smallest absolute Gasteiger partial charge is 0.317 e. The molecule has 0 aliphatic rings. The van der Waals surface area contributed by atoms with Crippen LogP contribution in [-0.2, 0) is 4.79 Å². The predicted molar refractivity (Wildman–Crippen MR) is 46.2 cm³/mol. The Balaban J connectivity index is 3.69. The maximum Gasteiger partial charge on any atom is 0.317 e. The second-order valence-corrected chi connectivity index (χ2v) is 2.62. The van der Waals surface area contributed by atoms with E-state index in [-0.39, 0.29) is 6.54 Å². The summed E-state index contributed by atoms with van der Waals surface area (Å²) in [6.07, 6.45) is 2.79. The van der Waals surface area contributed by atoms with Gasteiger partial charge in [0.15, 0.2) is 0 Å². The van der Waals surface area contributed by atoms with Gasteiger partial charge in [-0.05, 0) is 12.8 Å². The Kier molecular flexibility index (Phi) is 4.50. The summed E-state index contributed by atoms with van der Waals surface area (Å²) < 4.78 is 0. The fourth-order valence-electron chi connectivity index (χ4n) is 0.669. The van der Waals surface area contributed by atoms with Gasteiger partial charge in [-0.2, -0.15) is 0 Å². The summed E-state index contributed by atoms with van der Waals surface area (Å²) in [5.74, 6) is -2.10. The molecular weight excluding hydrogens is 158 g/mol. The first-order chi connectivity index (χ1) is 5.48. The first-order valence-corrected chi connectivity index (χ1v) is 3.63. The molecule has 0 bridgehead atoms. The summed E-state index contributed by atoms with van der Waals surface area (Å²) in [5.41, 5.74) is 11.0. The van der Waals surface area contributed by atoms with Crippen LogP contribution in [-0.4, -0.2) is 23.4 Å². The molecule has 0 radical (unpaired) electrons. The standard InChI is InChI=1S/C7H15N3O2/c1-2-3-4-7(8,9)10-5-6(11)12/h2,10H,1,3-5,8-9H2,(H,11,12). The van der Waals surface area contributed by atoms with E-state index >= 15 is 0 Å². The molecule has 0 unspecified atom stereocenters. The molecule has 0 fully saturated rings. The van der Waals surface area contributed by atoms with E-state index in [4.69, 9.17) is 16.6 Å². The van der Waals surface area contributed by atoms with E-state index in [1.54, 1.807) is 6.08 Å². The van der Waals surface area contributed by atoms with Gasteiger partial charge < -0.3 is 16.6 Å². The van der Waals surface area contributed by atoms with Crippen molar-refractivity contribution in [3.05, 3.63) is 12.7 Å². The minimum atomic E-state index is -1.12. The monoisotopic (exact) mass is 173 g/mol. The first kappa shape index (κ1) is 11.1. The molecule has 0 amide bonds. The zero-order valence-electron chi connectivity index (χ0n) is 6.92. The van der Waals surface area contributed by atoms with E-state index in [1.165, 1.54) is 0 Å². The summed E-state index contributed by atoms with van der Waals surface area (Å²) in [4.78, 5) is 10.1. The predicted octanol–water partition coefficient (Wildman–Crippen LogP) is -0.802. The Labute approximate surface area is 71.4 Å². The topological polar surface area (TPSA) is 101 Å². The molecule has 0 saturated carbocycles. The van der Waals surface area contributed by atoms with Crippen molar-refractivity contribution in [2.45, 2.75) is 18.6 Å². The van der Waals surface area contributed by atoms with Crippen LogP contribution in [0.1, 0.15) is 12.8 Å². The van der Waals surface area contributed by atoms with Crippen LogP contribution in [0.4, 0.5) is 0 Å². The number of allylic oxidation sites excluding steroid dienone is 1. The molecule has 0 aromatic heterocycles. The van der Waals surface area contributed by atoms with Gasteiger partial charge in [0.05, 0.1) is 6.54 Å². The van der Waals surface area contributed by atoms with Crippen LogP contribution in [0.15, 0.2) is 12.7 Å². The maximum absolute atomic E-state index is 10.1. The Morgan fingerprint density at radius 2 is 2.25 bits per heavy atom. The third-order valence-electron chi connectivity index (χ3n) is 1.33. The average molecular weight is 173 g/mol. The zero-order valence-corrected chi connectivity index (χ0v) is 6.92. The van der Waals surface area contributed by atoms with Crippen LogP contribution in [0.5, 0.6) is 0 Å². The number of aliphatic carboxylic acids is 1. The van der Waals surface area contributed by atoms with E-state index in [2.05, 4.69) is 11.9 Å². The van der Waals surface area contributed by atoms with Crippen molar-refractivity contribution in [3.8, 4) is 0 Å². The van der Waals surface area contributed by atoms with Crippen molar-refractivity contribution in [3.63, 3.8) is 0 Å². The summed E-state index contributed by atoms with van der Waals surface area (Å²) >= 11 is 0. The molecule has 12 heavy (non-hydrogen) atoms. The number of hydrogen-bond acceptors (Lipinski definition) is 4. The highest BCUT2D eigenvalue weighted by molar-refractivity contribution is 5.69. The second kappa shape index (κ2) is 4.87. The molecule has 0 aliphatic carbocycles. The van der Waals surface area contributed by atoms with Gasteiger partial charge in [-0.3, -0.25) is 10.1 Å². The molecule has 0 heterocycles. The molecule has 0 aromatic rings. The maximum atomic E-state index is 10.1. The lowest BCUT2D eigenvalue weighted by Gasteiger charge is -2.24. The molecule has 5 heteroatoms. The van der Waals surface area contributed by atoms with Crippen LogP contribution < -0.4 is 16.8 Å². The van der Waals surface area contributed by atoms with Gasteiger partial charge in [0, 0.05) is 0 Å². The molecule has 0 rings (SSSR count). The van der Waals surface area contributed by atoms with Crippen LogP contribution >= 0.6 is 0 Å². The number of hydrogen-bond donors (Lipinski definition) is 4. The molecule has 6 N–H and O–H groups in total. The molecule has 0 aromatic carbocycles. The minimum absolute atomic E-state index is 0.232. The highest BCUT2D eigenvalue weighted by atomic mass is 16.4. The van der Waals surface area contributed by atoms with Gasteiger partial charge in [0.1, 0.15) is 5.79 Å². The third kappa shape index (κ3) is 5.84. The van der Waals surface area contributed by atoms with Gasteiger partial charge in [-0.1, -0.05) is 6.08 Å². The van der Waals surface area contributed by atoms with Gasteiger partial charge in [-0.15, -0.1) is 6.58 Å². The number of nitrogens with two attached hydrogens (primary N) is 2. The SMILES string of the molecule is C=CCCC(N)(N)NCC(=O)O. The van der Waals surface area contributed by atoms with Gasteiger partial charge in [-0.25, -0.2) is 0 Å². The van der Waals surface area contributed by atoms with Crippen molar-refractivity contribution in [1.29, 1.82) is 0 Å². The van der Waals surface area contributed by atoms with E-state index in [0.717, 1.165) is 0 Å². The summed E-state index contributed by atoms with van der Waals surface area (Å²) in [6, 6.07) is 0. The fraction of sp³-hybridized carbons (Fsp3) is 0.571. The van der Waals surface area contributed by atoms with Gasteiger partial charge in [0.2, 0.25) is 0 Å². The molecule has 0 atom stereocenters. The quantitative estimate of drug-likeness (QED) is 0.311. The van der Waals surface area contributed by atoms with E-state index in [1.807, 2.05) is 0 Å². The van der Waals surface area contributed by atoms with Crippen molar-refractivity contribution >= 4 is 5.97 Å². The second-order valence-electron chi connectivity index (χ2n) is 2.62. The van der Waals surface area contributed by atoms with E-state index in [0.29, 0.717) is 12.8 Å². The minimum Gasteiger partial charge on any atom is -0.480 e. The lowest BCUT2D eigenvalue weighted by Crippen LogP contribution is -2.62. The third-order valence-corrected chi connectivity index (χ3v) is 1.33. The molecule has 70 valence electrons. The fourth-order valence-corrected chi connectivity index (χ4v) is 0.669. The number of nitrogens with one attached hydrogen (secondary N) is 1. The highest BCUT2D eigenvalue weighted by Gasteiger charge is 2.17. The molecule has 0 saturated heterocycles. The van der Waals surface area contributed by atoms with Crippen LogP contribution in [0.25, 0.3) is 0 Å². The summed E-state index contributed by atoms with van der Waals surface area (Å²) in [6.45, 7) is 3.27. The Bertz CT molecular complexity index is 168. The number of carboxylic acids is 1. The number of carbonyl (C=O) groups is 1. The van der Waals surface area contributed by atoms with E-state index in [9.17, 15) is 4.79 Å². The Morgan fingerprint density at radius 3 is 2.67 bits per heavy atom. The Hall–Kier alpha value is -0.910. The van der Waals surface area contributed by atoms with Crippen molar-refractivity contribution < 1.29 is 9.90 Å². The van der Waals surface area contributed by atoms with Gasteiger partial charge in [0.25, 0.3) is 0 Å². The highest BCUT2D eigenvalue weighted by Crippen LogP contribution is 1.98. The van der Waals surface area contributed by atoms with Crippen molar-refractivity contribution in [2.24, 2.45) is 11.5 Å². The normalized spacial score (nSPS) is 11.2. The lowest BCUT2D eigenvalue weighted by molar-refractivity contribution is -0.136. The molecule has 0 spiro atoms. The van der Waals surface area contributed by atoms with Crippen LogP contribution in [0.3, 0.4) is 0 Å². The number of rotatable bonds is 6. The summed E-state index contributed by atoms with van der Waals surface area (Å²) in [7, 11) is 0. The largest absolute Gasteiger partial charge is 0.480 e. The molecule has 0 aliphatic heterocycles.